The Morgan fingerprint density at radius 2 is 2.12 bits per heavy atom. The maximum Gasteiger partial charge on any atom is 0.110 e. The Labute approximate surface area is 101 Å². The fraction of sp³-hybridized carbons (Fsp3) is 0.500. The van der Waals surface area contributed by atoms with Crippen LogP contribution in [0.25, 0.3) is 11.0 Å². The molecule has 1 aromatic carbocycles. The van der Waals surface area contributed by atoms with Crippen molar-refractivity contribution in [3.8, 4) is 0 Å². The molecule has 90 valence electrons. The van der Waals surface area contributed by atoms with Crippen LogP contribution < -0.4 is 5.73 Å². The minimum absolute atomic E-state index is 0.357. The molecule has 3 nitrogen and oxygen atoms in total. The third-order valence-corrected chi connectivity index (χ3v) is 3.80. The molecule has 2 aromatic rings. The number of benzene rings is 1. The number of H-pyrrole nitrogens is 1. The summed E-state index contributed by atoms with van der Waals surface area (Å²) in [5, 5.41) is 0. The van der Waals surface area contributed by atoms with Gasteiger partial charge in [-0.05, 0) is 50.3 Å². The van der Waals surface area contributed by atoms with Crippen molar-refractivity contribution in [3.05, 3.63) is 29.1 Å². The number of imidazole rings is 1. The molecule has 0 unspecified atom stereocenters. The fourth-order valence-electron chi connectivity index (χ4n) is 2.95. The monoisotopic (exact) mass is 229 g/mol. The largest absolute Gasteiger partial charge is 0.342 e. The van der Waals surface area contributed by atoms with E-state index >= 15 is 0 Å². The molecular weight excluding hydrogens is 210 g/mol. The van der Waals surface area contributed by atoms with Crippen molar-refractivity contribution in [1.82, 2.24) is 9.97 Å². The lowest BCUT2D eigenvalue weighted by molar-refractivity contribution is 0.651. The van der Waals surface area contributed by atoms with Gasteiger partial charge in [0.05, 0.1) is 11.0 Å². The molecule has 1 fully saturated rings. The van der Waals surface area contributed by atoms with Crippen LogP contribution in [-0.4, -0.2) is 16.0 Å². The van der Waals surface area contributed by atoms with Crippen molar-refractivity contribution in [1.29, 1.82) is 0 Å². The molecule has 3 N–H and O–H groups in total. The van der Waals surface area contributed by atoms with Gasteiger partial charge >= 0.3 is 0 Å². The highest BCUT2D eigenvalue weighted by molar-refractivity contribution is 5.79. The van der Waals surface area contributed by atoms with Crippen LogP contribution in [0.1, 0.15) is 42.1 Å². The highest BCUT2D eigenvalue weighted by atomic mass is 14.9. The van der Waals surface area contributed by atoms with Crippen LogP contribution in [0.5, 0.6) is 0 Å². The normalized spacial score (nSPS) is 24.6. The first-order chi connectivity index (χ1) is 8.13. The molecule has 1 aromatic heterocycles. The van der Waals surface area contributed by atoms with Gasteiger partial charge in [-0.3, -0.25) is 0 Å². The summed E-state index contributed by atoms with van der Waals surface area (Å²) >= 11 is 0. The minimum atomic E-state index is 0.357. The first-order valence-corrected chi connectivity index (χ1v) is 6.36. The molecule has 2 atom stereocenters. The molecular formula is C14H19N3. The van der Waals surface area contributed by atoms with Crippen molar-refractivity contribution >= 4 is 11.0 Å². The van der Waals surface area contributed by atoms with Crippen molar-refractivity contribution in [2.24, 2.45) is 5.73 Å². The summed E-state index contributed by atoms with van der Waals surface area (Å²) in [6.45, 7) is 4.25. The van der Waals surface area contributed by atoms with E-state index in [4.69, 9.17) is 10.7 Å². The Morgan fingerprint density at radius 3 is 2.82 bits per heavy atom. The van der Waals surface area contributed by atoms with Crippen LogP contribution in [0, 0.1) is 13.8 Å². The van der Waals surface area contributed by atoms with Gasteiger partial charge in [0.1, 0.15) is 5.82 Å². The zero-order chi connectivity index (χ0) is 12.0. The van der Waals surface area contributed by atoms with Crippen LogP contribution in [0.2, 0.25) is 0 Å². The van der Waals surface area contributed by atoms with Gasteiger partial charge in [-0.25, -0.2) is 4.98 Å². The van der Waals surface area contributed by atoms with Gasteiger partial charge in [0, 0.05) is 12.0 Å². The summed E-state index contributed by atoms with van der Waals surface area (Å²) in [7, 11) is 0. The zero-order valence-corrected chi connectivity index (χ0v) is 10.5. The van der Waals surface area contributed by atoms with E-state index in [0.29, 0.717) is 12.0 Å². The average Bonchev–Trinajstić information content (AvgIpc) is 2.83. The zero-order valence-electron chi connectivity index (χ0n) is 10.5. The van der Waals surface area contributed by atoms with E-state index in [9.17, 15) is 0 Å². The molecule has 1 aliphatic carbocycles. The molecule has 0 bridgehead atoms. The van der Waals surface area contributed by atoms with Gasteiger partial charge in [0.15, 0.2) is 0 Å². The van der Waals surface area contributed by atoms with E-state index in [-0.39, 0.29) is 0 Å². The number of fused-ring (bicyclic) bond motifs is 1. The lowest BCUT2D eigenvalue weighted by Gasteiger charge is -2.04. The second-order valence-corrected chi connectivity index (χ2v) is 5.37. The number of nitrogens with two attached hydrogens (primary N) is 1. The van der Waals surface area contributed by atoms with Crippen LogP contribution in [-0.2, 0) is 0 Å². The number of aromatic amines is 1. The average molecular weight is 229 g/mol. The lowest BCUT2D eigenvalue weighted by atomic mass is 10.1. The molecule has 3 heteroatoms. The van der Waals surface area contributed by atoms with E-state index in [1.54, 1.807) is 0 Å². The number of nitrogens with one attached hydrogen (secondary N) is 1. The van der Waals surface area contributed by atoms with Crippen molar-refractivity contribution < 1.29 is 0 Å². The van der Waals surface area contributed by atoms with Crippen LogP contribution in [0.15, 0.2) is 12.1 Å². The smallest absolute Gasteiger partial charge is 0.110 e. The van der Waals surface area contributed by atoms with Crippen molar-refractivity contribution in [2.75, 3.05) is 0 Å². The van der Waals surface area contributed by atoms with E-state index in [1.165, 1.54) is 17.5 Å². The van der Waals surface area contributed by atoms with E-state index in [2.05, 4.69) is 31.0 Å². The van der Waals surface area contributed by atoms with Gasteiger partial charge < -0.3 is 10.7 Å². The summed E-state index contributed by atoms with van der Waals surface area (Å²) < 4.78 is 0. The number of hydrogen-bond donors (Lipinski definition) is 2. The third-order valence-electron chi connectivity index (χ3n) is 3.80. The van der Waals surface area contributed by atoms with Crippen LogP contribution >= 0.6 is 0 Å². The van der Waals surface area contributed by atoms with Gasteiger partial charge in [-0.2, -0.15) is 0 Å². The van der Waals surface area contributed by atoms with E-state index in [0.717, 1.165) is 29.7 Å². The van der Waals surface area contributed by atoms with Crippen LogP contribution in [0.4, 0.5) is 0 Å². The number of nitrogens with zero attached hydrogens (tertiary/aromatic N) is 1. The SMILES string of the molecule is Cc1cc(C)c2nc([C@@H]3CC[C@H](N)C3)[nH]c2c1. The standard InChI is InChI=1S/C14H19N3/c1-8-5-9(2)13-12(6-8)16-14(17-13)10-3-4-11(15)7-10/h5-6,10-11H,3-4,7,15H2,1-2H3,(H,16,17)/t10-,11+/m1/s1. The Morgan fingerprint density at radius 1 is 1.29 bits per heavy atom. The van der Waals surface area contributed by atoms with Gasteiger partial charge in [0.25, 0.3) is 0 Å². The predicted octanol–water partition coefficient (Wildman–Crippen LogP) is 2.77. The molecule has 17 heavy (non-hydrogen) atoms. The van der Waals surface area contributed by atoms with Crippen molar-refractivity contribution in [3.63, 3.8) is 0 Å². The maximum atomic E-state index is 5.97. The van der Waals surface area contributed by atoms with Crippen LogP contribution in [0.3, 0.4) is 0 Å². The molecule has 0 spiro atoms. The highest BCUT2D eigenvalue weighted by Gasteiger charge is 2.25. The summed E-state index contributed by atoms with van der Waals surface area (Å²) in [4.78, 5) is 8.23. The molecule has 3 rings (SSSR count). The molecule has 0 amide bonds. The molecule has 1 heterocycles. The number of rotatable bonds is 1. The Kier molecular flexibility index (Phi) is 2.44. The maximum absolute atomic E-state index is 5.97. The second-order valence-electron chi connectivity index (χ2n) is 5.37. The fourth-order valence-corrected chi connectivity index (χ4v) is 2.95. The first kappa shape index (κ1) is 10.8. The lowest BCUT2D eigenvalue weighted by Crippen LogP contribution is -2.14. The Balaban J connectivity index is 2.04. The molecule has 0 saturated heterocycles. The summed E-state index contributed by atoms with van der Waals surface area (Å²) in [6, 6.07) is 4.72. The quantitative estimate of drug-likeness (QED) is 0.790. The number of aromatic nitrogens is 2. The molecule has 0 radical (unpaired) electrons. The van der Waals surface area contributed by atoms with E-state index < -0.39 is 0 Å². The number of hydrogen-bond acceptors (Lipinski definition) is 2. The first-order valence-electron chi connectivity index (χ1n) is 6.36. The van der Waals surface area contributed by atoms with Crippen molar-refractivity contribution in [2.45, 2.75) is 45.1 Å². The summed E-state index contributed by atoms with van der Waals surface area (Å²) in [5.74, 6) is 1.65. The van der Waals surface area contributed by atoms with Gasteiger partial charge in [0.2, 0.25) is 0 Å². The minimum Gasteiger partial charge on any atom is -0.342 e. The molecule has 1 saturated carbocycles. The van der Waals surface area contributed by atoms with E-state index in [1.807, 2.05) is 0 Å². The third kappa shape index (κ3) is 1.84. The van der Waals surface area contributed by atoms with Gasteiger partial charge in [-0.1, -0.05) is 6.07 Å². The van der Waals surface area contributed by atoms with Gasteiger partial charge in [-0.15, -0.1) is 0 Å². The molecule has 0 aliphatic heterocycles. The second kappa shape index (κ2) is 3.84. The molecule has 1 aliphatic rings. The predicted molar refractivity (Wildman–Crippen MR) is 70.1 cm³/mol. The number of aryl methyl sites for hydroxylation is 2. The highest BCUT2D eigenvalue weighted by Crippen LogP contribution is 2.33. The topological polar surface area (TPSA) is 54.7 Å². The Hall–Kier alpha value is -1.35. The Bertz CT molecular complexity index is 556. The summed E-state index contributed by atoms with van der Waals surface area (Å²) in [6.07, 6.45) is 3.36. The summed E-state index contributed by atoms with van der Waals surface area (Å²) in [5.41, 5.74) is 10.8.